The van der Waals surface area contributed by atoms with Crippen molar-refractivity contribution in [1.29, 1.82) is 0 Å². The molecule has 2 heterocycles. The maximum absolute atomic E-state index is 11.6. The van der Waals surface area contributed by atoms with E-state index in [1.54, 1.807) is 6.20 Å². The molecule has 4 rings (SSSR count). The highest BCUT2D eigenvalue weighted by Gasteiger charge is 2.23. The largest absolute Gasteiger partial charge is 0.490 e. The molecule has 186 valence electrons. The first-order valence-electron chi connectivity index (χ1n) is 12.5. The number of oxazole rings is 1. The SMILES string of the molecule is CCC(=O)CCCCCC(NC(O)c1ccc2c(c1)OCCN2C)c1ncc(-c2ccccc2)o1. The monoisotopic (exact) mass is 477 g/mol. The van der Waals surface area contributed by atoms with Gasteiger partial charge in [0.25, 0.3) is 0 Å². The van der Waals surface area contributed by atoms with E-state index >= 15 is 0 Å². The van der Waals surface area contributed by atoms with E-state index in [0.717, 1.165) is 54.8 Å². The zero-order valence-electron chi connectivity index (χ0n) is 20.6. The van der Waals surface area contributed by atoms with Gasteiger partial charge in [-0.15, -0.1) is 0 Å². The molecule has 0 radical (unpaired) electrons. The van der Waals surface area contributed by atoms with Crippen LogP contribution in [0.2, 0.25) is 0 Å². The van der Waals surface area contributed by atoms with Gasteiger partial charge in [0.15, 0.2) is 5.76 Å². The van der Waals surface area contributed by atoms with Crippen LogP contribution in [0.4, 0.5) is 5.69 Å². The number of anilines is 1. The molecule has 2 N–H and O–H groups in total. The van der Waals surface area contributed by atoms with Gasteiger partial charge in [0.1, 0.15) is 24.4 Å². The van der Waals surface area contributed by atoms with Gasteiger partial charge < -0.3 is 19.2 Å². The van der Waals surface area contributed by atoms with Crippen LogP contribution in [0.1, 0.15) is 69.2 Å². The molecule has 2 unspecified atom stereocenters. The molecule has 0 saturated heterocycles. The van der Waals surface area contributed by atoms with Gasteiger partial charge in [0.2, 0.25) is 5.89 Å². The molecule has 7 nitrogen and oxygen atoms in total. The van der Waals surface area contributed by atoms with Gasteiger partial charge in [0.05, 0.1) is 24.5 Å². The molecule has 0 fully saturated rings. The van der Waals surface area contributed by atoms with E-state index in [1.165, 1.54) is 0 Å². The predicted octanol–water partition coefficient (Wildman–Crippen LogP) is 5.42. The van der Waals surface area contributed by atoms with Crippen LogP contribution in [0.15, 0.2) is 59.1 Å². The first kappa shape index (κ1) is 24.9. The Balaban J connectivity index is 1.47. The van der Waals surface area contributed by atoms with Crippen LogP contribution < -0.4 is 15.0 Å². The third-order valence-electron chi connectivity index (χ3n) is 6.48. The Hall–Kier alpha value is -3.16. The number of unbranched alkanes of at least 4 members (excludes halogenated alkanes) is 2. The van der Waals surface area contributed by atoms with Crippen molar-refractivity contribution in [2.75, 3.05) is 25.1 Å². The number of ether oxygens (including phenoxy) is 1. The minimum atomic E-state index is -0.908. The summed E-state index contributed by atoms with van der Waals surface area (Å²) in [6.45, 7) is 3.37. The smallest absolute Gasteiger partial charge is 0.212 e. The fraction of sp³-hybridized carbons (Fsp3) is 0.429. The van der Waals surface area contributed by atoms with Crippen molar-refractivity contribution >= 4 is 11.5 Å². The van der Waals surface area contributed by atoms with Crippen LogP contribution in [0.5, 0.6) is 5.75 Å². The van der Waals surface area contributed by atoms with Gasteiger partial charge in [-0.25, -0.2) is 4.98 Å². The van der Waals surface area contributed by atoms with E-state index in [2.05, 4.69) is 15.2 Å². The van der Waals surface area contributed by atoms with Gasteiger partial charge in [-0.1, -0.05) is 56.2 Å². The molecule has 1 aliphatic rings. The third kappa shape index (κ3) is 6.50. The fourth-order valence-electron chi connectivity index (χ4n) is 4.32. The number of carbonyl (C=O) groups is 1. The molecule has 0 aliphatic carbocycles. The summed E-state index contributed by atoms with van der Waals surface area (Å²) in [7, 11) is 2.03. The molecule has 2 aromatic carbocycles. The number of likely N-dealkylation sites (N-methyl/N-ethyl adjacent to an activating group) is 1. The topological polar surface area (TPSA) is 87.8 Å². The number of nitrogens with zero attached hydrogens (tertiary/aromatic N) is 2. The number of ketones is 1. The summed E-state index contributed by atoms with van der Waals surface area (Å²) in [5.74, 6) is 2.31. The number of nitrogens with one attached hydrogen (secondary N) is 1. The summed E-state index contributed by atoms with van der Waals surface area (Å²) < 4.78 is 11.9. The van der Waals surface area contributed by atoms with Crippen molar-refractivity contribution in [2.45, 2.75) is 57.7 Å². The Morgan fingerprint density at radius 2 is 2.00 bits per heavy atom. The van der Waals surface area contributed by atoms with Crippen molar-refractivity contribution in [3.63, 3.8) is 0 Å². The lowest BCUT2D eigenvalue weighted by atomic mass is 10.0. The average molecular weight is 478 g/mol. The van der Waals surface area contributed by atoms with E-state index in [0.29, 0.717) is 36.9 Å². The highest BCUT2D eigenvalue weighted by atomic mass is 16.5. The van der Waals surface area contributed by atoms with E-state index in [4.69, 9.17) is 9.15 Å². The number of benzene rings is 2. The number of aliphatic hydroxyl groups excluding tert-OH is 1. The number of carbonyl (C=O) groups excluding carboxylic acids is 1. The number of fused-ring (bicyclic) bond motifs is 1. The lowest BCUT2D eigenvalue weighted by molar-refractivity contribution is -0.118. The Labute approximate surface area is 207 Å². The third-order valence-corrected chi connectivity index (χ3v) is 6.48. The first-order chi connectivity index (χ1) is 17.0. The second kappa shape index (κ2) is 12.0. The summed E-state index contributed by atoms with van der Waals surface area (Å²) in [4.78, 5) is 18.3. The molecular weight excluding hydrogens is 442 g/mol. The zero-order chi connectivity index (χ0) is 24.6. The zero-order valence-corrected chi connectivity index (χ0v) is 20.6. The van der Waals surface area contributed by atoms with Gasteiger partial charge >= 0.3 is 0 Å². The van der Waals surface area contributed by atoms with Crippen LogP contribution in [0, 0.1) is 0 Å². The molecule has 3 aromatic rings. The maximum Gasteiger partial charge on any atom is 0.212 e. The number of hydrogen-bond donors (Lipinski definition) is 2. The van der Waals surface area contributed by atoms with Crippen LogP contribution >= 0.6 is 0 Å². The van der Waals surface area contributed by atoms with Crippen molar-refractivity contribution in [2.24, 2.45) is 0 Å². The first-order valence-corrected chi connectivity index (χ1v) is 12.5. The second-order valence-corrected chi connectivity index (χ2v) is 9.04. The molecule has 0 spiro atoms. The molecule has 35 heavy (non-hydrogen) atoms. The van der Waals surface area contributed by atoms with Crippen LogP contribution in [-0.4, -0.2) is 36.1 Å². The number of aromatic nitrogens is 1. The molecule has 0 saturated carbocycles. The van der Waals surface area contributed by atoms with Gasteiger partial charge in [-0.3, -0.25) is 10.1 Å². The van der Waals surface area contributed by atoms with Crippen LogP contribution in [-0.2, 0) is 4.79 Å². The molecule has 0 bridgehead atoms. The van der Waals surface area contributed by atoms with Crippen LogP contribution in [0.3, 0.4) is 0 Å². The molecule has 7 heteroatoms. The fourth-order valence-corrected chi connectivity index (χ4v) is 4.32. The lowest BCUT2D eigenvalue weighted by Gasteiger charge is -2.29. The van der Waals surface area contributed by atoms with E-state index in [9.17, 15) is 9.90 Å². The normalized spacial score (nSPS) is 14.8. The van der Waals surface area contributed by atoms with Crippen molar-refractivity contribution in [3.8, 4) is 17.1 Å². The maximum atomic E-state index is 11.6. The van der Waals surface area contributed by atoms with Crippen LogP contribution in [0.25, 0.3) is 11.3 Å². The quantitative estimate of drug-likeness (QED) is 0.266. The summed E-state index contributed by atoms with van der Waals surface area (Å²) in [6.07, 6.45) is 5.47. The van der Waals surface area contributed by atoms with Gasteiger partial charge in [-0.2, -0.15) is 0 Å². The van der Waals surface area contributed by atoms with Gasteiger partial charge in [-0.05, 0) is 30.5 Å². The highest BCUT2D eigenvalue weighted by Crippen LogP contribution is 2.34. The number of Topliss-reactive ketones (excluding diaryl/α,β-unsaturated/α-hetero) is 1. The Kier molecular flexibility index (Phi) is 8.55. The van der Waals surface area contributed by atoms with E-state index < -0.39 is 6.23 Å². The standard InChI is InChI=1S/C28H35N3O4/c1-3-22(32)12-8-5-9-13-23(28-29-19-26(35-28)20-10-6-4-7-11-20)30-27(33)21-14-15-24-25(18-21)34-17-16-31(24)2/h4,6-7,10-11,14-15,18-19,23,27,30,33H,3,5,8-9,12-13,16-17H2,1-2H3. The summed E-state index contributed by atoms with van der Waals surface area (Å²) in [5.41, 5.74) is 2.71. The predicted molar refractivity (Wildman–Crippen MR) is 136 cm³/mol. The summed E-state index contributed by atoms with van der Waals surface area (Å²) in [6, 6.07) is 15.4. The highest BCUT2D eigenvalue weighted by molar-refractivity contribution is 5.77. The molecule has 2 atom stereocenters. The van der Waals surface area contributed by atoms with Crippen molar-refractivity contribution < 1.29 is 19.1 Å². The Bertz CT molecular complexity index is 1100. The molecule has 0 amide bonds. The minimum Gasteiger partial charge on any atom is -0.490 e. The number of rotatable bonds is 12. The Morgan fingerprint density at radius 3 is 2.80 bits per heavy atom. The summed E-state index contributed by atoms with van der Waals surface area (Å²) >= 11 is 0. The lowest BCUT2D eigenvalue weighted by Crippen LogP contribution is -2.30. The molecular formula is C28H35N3O4. The van der Waals surface area contributed by atoms with E-state index in [1.807, 2.05) is 62.5 Å². The van der Waals surface area contributed by atoms with E-state index in [-0.39, 0.29) is 6.04 Å². The van der Waals surface area contributed by atoms with Crippen molar-refractivity contribution in [1.82, 2.24) is 10.3 Å². The minimum absolute atomic E-state index is 0.274. The molecule has 1 aromatic heterocycles. The average Bonchev–Trinajstić information content (AvgIpc) is 3.38. The van der Waals surface area contributed by atoms with Crippen molar-refractivity contribution in [3.05, 3.63) is 66.2 Å². The number of aliphatic hydroxyl groups is 1. The molecule has 1 aliphatic heterocycles. The second-order valence-electron chi connectivity index (χ2n) is 9.04. The summed E-state index contributed by atoms with van der Waals surface area (Å²) in [5, 5.41) is 14.4. The number of hydrogen-bond acceptors (Lipinski definition) is 7. The Morgan fingerprint density at radius 1 is 1.17 bits per heavy atom. The van der Waals surface area contributed by atoms with Gasteiger partial charge in [0, 0.05) is 25.5 Å².